The van der Waals surface area contributed by atoms with E-state index in [4.69, 9.17) is 42.6 Å². The summed E-state index contributed by atoms with van der Waals surface area (Å²) < 4.78 is 50.2. The molecule has 0 bridgehead atoms. The van der Waals surface area contributed by atoms with Gasteiger partial charge in [0.15, 0.2) is 18.9 Å². The Kier molecular flexibility index (Phi) is 12.0. The molecule has 0 aliphatic carbocycles. The topological polar surface area (TPSA) is 225 Å². The molecule has 38 heavy (non-hydrogen) atoms. The second-order valence-electron chi connectivity index (χ2n) is 9.24. The fourth-order valence-electron chi connectivity index (χ4n) is 4.87. The fourth-order valence-corrected chi connectivity index (χ4v) is 4.87. The Balaban J connectivity index is 1.77. The Morgan fingerprint density at radius 2 is 1.03 bits per heavy atom. The Labute approximate surface area is 219 Å². The summed E-state index contributed by atoms with van der Waals surface area (Å²) in [4.78, 5) is 0. The standard InChI is InChI=1S/C22H40O16/c1-30-7-10-17(18(31-2)19(32-3)22(33-4)36-10)38-21-15(29)13(27)16(9(6-24)35-21)37-20-14(28)12(26)11(25)8(5-23)34-20/h8-29H,5-7H2,1-4H3/t8-,9-,10-,11-,12+,13-,14-,15-,16-,17-,18+,19-,20-,21+,22-/m1/s1. The van der Waals surface area contributed by atoms with Gasteiger partial charge in [-0.2, -0.15) is 0 Å². The van der Waals surface area contributed by atoms with Gasteiger partial charge in [0.05, 0.1) is 19.8 Å². The van der Waals surface area contributed by atoms with Crippen LogP contribution in [0.5, 0.6) is 0 Å². The molecule has 3 aliphatic rings. The number of hydrogen-bond donors (Lipinski definition) is 7. The average molecular weight is 561 g/mol. The first-order valence-electron chi connectivity index (χ1n) is 12.1. The van der Waals surface area contributed by atoms with Gasteiger partial charge in [-0.05, 0) is 0 Å². The van der Waals surface area contributed by atoms with Gasteiger partial charge in [-0.1, -0.05) is 0 Å². The zero-order valence-corrected chi connectivity index (χ0v) is 21.6. The molecule has 0 saturated carbocycles. The molecule has 0 spiro atoms. The summed E-state index contributed by atoms with van der Waals surface area (Å²) in [6, 6.07) is 0. The summed E-state index contributed by atoms with van der Waals surface area (Å²) in [6.07, 6.45) is -19.9. The van der Waals surface area contributed by atoms with E-state index in [9.17, 15) is 35.7 Å². The van der Waals surface area contributed by atoms with E-state index in [1.807, 2.05) is 0 Å². The van der Waals surface area contributed by atoms with Crippen LogP contribution in [0.4, 0.5) is 0 Å². The maximum atomic E-state index is 10.9. The van der Waals surface area contributed by atoms with Crippen molar-refractivity contribution in [1.82, 2.24) is 0 Å². The largest absolute Gasteiger partial charge is 0.394 e. The molecule has 16 heteroatoms. The highest BCUT2D eigenvalue weighted by molar-refractivity contribution is 4.97. The maximum absolute atomic E-state index is 10.9. The van der Waals surface area contributed by atoms with Gasteiger partial charge in [0.2, 0.25) is 0 Å². The predicted octanol–water partition coefficient (Wildman–Crippen LogP) is -4.96. The van der Waals surface area contributed by atoms with Gasteiger partial charge in [-0.3, -0.25) is 0 Å². The van der Waals surface area contributed by atoms with Crippen LogP contribution in [0.15, 0.2) is 0 Å². The van der Waals surface area contributed by atoms with Crippen molar-refractivity contribution in [1.29, 1.82) is 0 Å². The van der Waals surface area contributed by atoms with Crippen LogP contribution in [0.25, 0.3) is 0 Å². The first-order chi connectivity index (χ1) is 18.2. The number of aliphatic hydroxyl groups excluding tert-OH is 7. The lowest BCUT2D eigenvalue weighted by Crippen LogP contribution is -2.67. The normalized spacial score (nSPS) is 48.2. The van der Waals surface area contributed by atoms with E-state index in [0.29, 0.717) is 0 Å². The van der Waals surface area contributed by atoms with Crippen LogP contribution in [0, 0.1) is 0 Å². The molecule has 16 nitrogen and oxygen atoms in total. The van der Waals surface area contributed by atoms with Crippen molar-refractivity contribution in [3.63, 3.8) is 0 Å². The minimum Gasteiger partial charge on any atom is -0.394 e. The summed E-state index contributed by atoms with van der Waals surface area (Å²) in [6.45, 7) is -1.37. The number of hydrogen-bond acceptors (Lipinski definition) is 16. The SMILES string of the molecule is COC[C@H]1O[C@@H](OC)[C@H](OC)[C@@H](OC)[C@@H]1O[C@@H]1O[C@H](CO)[C@@H](O[C@H]2O[C@H](CO)[C@@H](O)[C@H](O)[C@H]2O)[C@H](O)[C@H]1O. The minimum absolute atomic E-state index is 0.0401. The summed E-state index contributed by atoms with van der Waals surface area (Å²) >= 11 is 0. The van der Waals surface area contributed by atoms with Gasteiger partial charge < -0.3 is 78.4 Å². The molecular weight excluding hydrogens is 520 g/mol. The van der Waals surface area contributed by atoms with E-state index in [2.05, 4.69) is 0 Å². The molecule has 0 amide bonds. The van der Waals surface area contributed by atoms with E-state index in [1.165, 1.54) is 28.4 Å². The second-order valence-corrected chi connectivity index (χ2v) is 9.24. The molecule has 3 aliphatic heterocycles. The second kappa shape index (κ2) is 14.3. The van der Waals surface area contributed by atoms with Crippen LogP contribution in [-0.4, -0.2) is 176 Å². The predicted molar refractivity (Wildman–Crippen MR) is 120 cm³/mol. The van der Waals surface area contributed by atoms with E-state index in [1.54, 1.807) is 0 Å². The molecule has 3 rings (SSSR count). The highest BCUT2D eigenvalue weighted by Crippen LogP contribution is 2.33. The molecule has 0 radical (unpaired) electrons. The first kappa shape index (κ1) is 31.9. The number of methoxy groups -OCH3 is 4. The van der Waals surface area contributed by atoms with Crippen molar-refractivity contribution in [3.8, 4) is 0 Å². The van der Waals surface area contributed by atoms with Crippen LogP contribution in [0.2, 0.25) is 0 Å². The summed E-state index contributed by atoms with van der Waals surface area (Å²) in [7, 11) is 5.73. The molecule has 0 aromatic heterocycles. The van der Waals surface area contributed by atoms with E-state index in [-0.39, 0.29) is 6.61 Å². The molecular formula is C22H40O16. The first-order valence-corrected chi connectivity index (χ1v) is 12.1. The third kappa shape index (κ3) is 6.46. The van der Waals surface area contributed by atoms with Gasteiger partial charge in [-0.25, -0.2) is 0 Å². The molecule has 7 N–H and O–H groups in total. The Morgan fingerprint density at radius 3 is 1.55 bits per heavy atom. The van der Waals surface area contributed by atoms with E-state index >= 15 is 0 Å². The van der Waals surface area contributed by atoms with Gasteiger partial charge in [0, 0.05) is 28.4 Å². The number of ether oxygens (including phenoxy) is 9. The molecule has 0 aromatic rings. The van der Waals surface area contributed by atoms with E-state index < -0.39 is 105 Å². The van der Waals surface area contributed by atoms with Crippen molar-refractivity contribution < 1.29 is 78.4 Å². The van der Waals surface area contributed by atoms with Crippen LogP contribution < -0.4 is 0 Å². The van der Waals surface area contributed by atoms with E-state index in [0.717, 1.165) is 0 Å². The van der Waals surface area contributed by atoms with Gasteiger partial charge in [-0.15, -0.1) is 0 Å². The van der Waals surface area contributed by atoms with Crippen LogP contribution in [0.1, 0.15) is 0 Å². The molecule has 3 fully saturated rings. The summed E-state index contributed by atoms with van der Waals surface area (Å²) in [5.41, 5.74) is 0. The monoisotopic (exact) mass is 560 g/mol. The van der Waals surface area contributed by atoms with Crippen LogP contribution in [-0.2, 0) is 42.6 Å². The lowest BCUT2D eigenvalue weighted by atomic mass is 9.96. The zero-order valence-electron chi connectivity index (χ0n) is 21.6. The van der Waals surface area contributed by atoms with Gasteiger partial charge in [0.1, 0.15) is 73.2 Å². The highest BCUT2D eigenvalue weighted by atomic mass is 16.8. The Hall–Kier alpha value is -0.640. The fraction of sp³-hybridized carbons (Fsp3) is 1.00. The van der Waals surface area contributed by atoms with Crippen LogP contribution in [0.3, 0.4) is 0 Å². The molecule has 0 unspecified atom stereocenters. The quantitative estimate of drug-likeness (QED) is 0.126. The molecule has 15 atom stereocenters. The van der Waals surface area contributed by atoms with Crippen molar-refractivity contribution >= 4 is 0 Å². The van der Waals surface area contributed by atoms with Gasteiger partial charge in [0.25, 0.3) is 0 Å². The Morgan fingerprint density at radius 1 is 0.500 bits per heavy atom. The highest BCUT2D eigenvalue weighted by Gasteiger charge is 2.54. The van der Waals surface area contributed by atoms with Crippen molar-refractivity contribution in [3.05, 3.63) is 0 Å². The van der Waals surface area contributed by atoms with Crippen molar-refractivity contribution in [2.24, 2.45) is 0 Å². The average Bonchev–Trinajstić information content (AvgIpc) is 2.92. The third-order valence-corrected chi connectivity index (χ3v) is 6.95. The molecule has 224 valence electrons. The molecule has 3 heterocycles. The van der Waals surface area contributed by atoms with Crippen molar-refractivity contribution in [2.45, 2.75) is 92.1 Å². The minimum atomic E-state index is -1.78. The van der Waals surface area contributed by atoms with Crippen LogP contribution >= 0.6 is 0 Å². The molecule has 3 saturated heterocycles. The number of rotatable bonds is 11. The van der Waals surface area contributed by atoms with Crippen molar-refractivity contribution in [2.75, 3.05) is 48.3 Å². The molecule has 0 aromatic carbocycles. The summed E-state index contributed by atoms with van der Waals surface area (Å²) in [5, 5.41) is 71.4. The zero-order chi connectivity index (χ0) is 28.1. The number of aliphatic hydroxyl groups is 7. The third-order valence-electron chi connectivity index (χ3n) is 6.95. The smallest absolute Gasteiger partial charge is 0.187 e. The Bertz CT molecular complexity index is 698. The lowest BCUT2D eigenvalue weighted by molar-refractivity contribution is -0.380. The summed E-state index contributed by atoms with van der Waals surface area (Å²) in [5.74, 6) is 0. The van der Waals surface area contributed by atoms with Gasteiger partial charge >= 0.3 is 0 Å². The maximum Gasteiger partial charge on any atom is 0.187 e. The lowest BCUT2D eigenvalue weighted by Gasteiger charge is -2.49.